The van der Waals surface area contributed by atoms with Gasteiger partial charge in [-0.05, 0) is 12.8 Å². The zero-order chi connectivity index (χ0) is 11.4. The van der Waals surface area contributed by atoms with Crippen LogP contribution in [0.4, 0.5) is 0 Å². The molecule has 0 amide bonds. The van der Waals surface area contributed by atoms with Gasteiger partial charge in [0.15, 0.2) is 0 Å². The van der Waals surface area contributed by atoms with Gasteiger partial charge >= 0.3 is 0 Å². The third-order valence-electron chi connectivity index (χ3n) is 3.65. The quantitative estimate of drug-likeness (QED) is 0.768. The average Bonchev–Trinajstić information content (AvgIpc) is 2.30. The van der Waals surface area contributed by atoms with Crippen molar-refractivity contribution in [1.82, 2.24) is 4.90 Å². The molecule has 0 aromatic carbocycles. The molecular formula is C12H23NO3. The number of fused-ring (bicyclic) bond motifs is 1. The number of rotatable bonds is 4. The molecule has 2 rings (SSSR count). The second-order valence-electron chi connectivity index (χ2n) is 4.87. The topological polar surface area (TPSA) is 41.9 Å². The highest BCUT2D eigenvalue weighted by Gasteiger charge is 2.34. The highest BCUT2D eigenvalue weighted by atomic mass is 16.5. The number of ether oxygens (including phenoxy) is 2. The maximum atomic E-state index is 9.78. The lowest BCUT2D eigenvalue weighted by Crippen LogP contribution is -2.54. The lowest BCUT2D eigenvalue weighted by molar-refractivity contribution is -0.101. The van der Waals surface area contributed by atoms with Crippen molar-refractivity contribution in [2.45, 2.75) is 43.9 Å². The minimum Gasteiger partial charge on any atom is -0.389 e. The number of aliphatic hydroxyl groups excluding tert-OH is 1. The van der Waals surface area contributed by atoms with E-state index in [2.05, 4.69) is 4.90 Å². The number of hydrogen-bond acceptors (Lipinski definition) is 4. The maximum absolute atomic E-state index is 9.78. The molecule has 1 N–H and O–H groups in total. The van der Waals surface area contributed by atoms with Crippen LogP contribution in [0.15, 0.2) is 0 Å². The van der Waals surface area contributed by atoms with Gasteiger partial charge in [-0.2, -0.15) is 0 Å². The van der Waals surface area contributed by atoms with E-state index in [-0.39, 0.29) is 6.10 Å². The molecule has 1 aliphatic carbocycles. The molecule has 94 valence electrons. The molecule has 3 atom stereocenters. The second-order valence-corrected chi connectivity index (χ2v) is 4.87. The first-order chi connectivity index (χ1) is 7.81. The molecule has 0 aromatic heterocycles. The molecule has 16 heavy (non-hydrogen) atoms. The fourth-order valence-electron chi connectivity index (χ4n) is 2.92. The minimum absolute atomic E-state index is 0.370. The van der Waals surface area contributed by atoms with E-state index in [0.717, 1.165) is 19.7 Å². The summed E-state index contributed by atoms with van der Waals surface area (Å²) >= 11 is 0. The molecule has 1 saturated carbocycles. The SMILES string of the molecule is COCC(O)CN1CCOC2CCCCC21. The van der Waals surface area contributed by atoms with Gasteiger partial charge in [-0.3, -0.25) is 4.90 Å². The van der Waals surface area contributed by atoms with Crippen LogP contribution in [0.25, 0.3) is 0 Å². The molecule has 0 bridgehead atoms. The largest absolute Gasteiger partial charge is 0.389 e. The molecule has 4 heteroatoms. The summed E-state index contributed by atoms with van der Waals surface area (Å²) in [5, 5.41) is 9.78. The normalized spacial score (nSPS) is 33.4. The Labute approximate surface area is 97.5 Å². The van der Waals surface area contributed by atoms with Gasteiger partial charge in [0, 0.05) is 26.2 Å². The molecule has 1 aliphatic heterocycles. The molecule has 1 heterocycles. The van der Waals surface area contributed by atoms with Gasteiger partial charge in [-0.1, -0.05) is 12.8 Å². The first-order valence-corrected chi connectivity index (χ1v) is 6.34. The summed E-state index contributed by atoms with van der Waals surface area (Å²) in [5.74, 6) is 0. The van der Waals surface area contributed by atoms with Crippen LogP contribution < -0.4 is 0 Å². The highest BCUT2D eigenvalue weighted by Crippen LogP contribution is 2.28. The van der Waals surface area contributed by atoms with E-state index in [1.54, 1.807) is 7.11 Å². The van der Waals surface area contributed by atoms with Crippen LogP contribution in [-0.2, 0) is 9.47 Å². The smallest absolute Gasteiger partial charge is 0.0900 e. The predicted octanol–water partition coefficient (Wildman–Crippen LogP) is 0.637. The lowest BCUT2D eigenvalue weighted by Gasteiger charge is -2.44. The summed E-state index contributed by atoms with van der Waals surface area (Å²) in [6.07, 6.45) is 5.01. The Morgan fingerprint density at radius 1 is 1.44 bits per heavy atom. The van der Waals surface area contributed by atoms with Gasteiger partial charge in [0.25, 0.3) is 0 Å². The molecule has 2 aliphatic rings. The molecule has 0 radical (unpaired) electrons. The monoisotopic (exact) mass is 229 g/mol. The third kappa shape index (κ3) is 2.94. The fourth-order valence-corrected chi connectivity index (χ4v) is 2.92. The fraction of sp³-hybridized carbons (Fsp3) is 1.00. The summed E-state index contributed by atoms with van der Waals surface area (Å²) in [7, 11) is 1.63. The Kier molecular flexibility index (Phi) is 4.58. The third-order valence-corrected chi connectivity index (χ3v) is 3.65. The summed E-state index contributed by atoms with van der Waals surface area (Å²) in [4.78, 5) is 2.39. The van der Waals surface area contributed by atoms with E-state index >= 15 is 0 Å². The van der Waals surface area contributed by atoms with Gasteiger partial charge in [0.2, 0.25) is 0 Å². The summed E-state index contributed by atoms with van der Waals surface area (Å²) in [6.45, 7) is 2.90. The van der Waals surface area contributed by atoms with Gasteiger partial charge < -0.3 is 14.6 Å². The zero-order valence-electron chi connectivity index (χ0n) is 10.1. The van der Waals surface area contributed by atoms with Gasteiger partial charge in [-0.25, -0.2) is 0 Å². The number of nitrogens with zero attached hydrogens (tertiary/aromatic N) is 1. The molecule has 4 nitrogen and oxygen atoms in total. The zero-order valence-corrected chi connectivity index (χ0v) is 10.1. The van der Waals surface area contributed by atoms with Crippen LogP contribution in [0.5, 0.6) is 0 Å². The number of aliphatic hydroxyl groups is 1. The molecule has 0 spiro atoms. The van der Waals surface area contributed by atoms with E-state index in [0.29, 0.717) is 18.8 Å². The van der Waals surface area contributed by atoms with E-state index < -0.39 is 0 Å². The van der Waals surface area contributed by atoms with Crippen molar-refractivity contribution in [1.29, 1.82) is 0 Å². The first-order valence-electron chi connectivity index (χ1n) is 6.34. The highest BCUT2D eigenvalue weighted by molar-refractivity contribution is 4.88. The van der Waals surface area contributed by atoms with Crippen molar-refractivity contribution in [3.63, 3.8) is 0 Å². The first kappa shape index (κ1) is 12.3. The Morgan fingerprint density at radius 2 is 2.25 bits per heavy atom. The predicted molar refractivity (Wildman–Crippen MR) is 61.5 cm³/mol. The number of hydrogen-bond donors (Lipinski definition) is 1. The van der Waals surface area contributed by atoms with Crippen LogP contribution in [-0.4, -0.2) is 61.7 Å². The van der Waals surface area contributed by atoms with Crippen molar-refractivity contribution in [3.8, 4) is 0 Å². The maximum Gasteiger partial charge on any atom is 0.0900 e. The van der Waals surface area contributed by atoms with Gasteiger partial charge in [0.05, 0.1) is 25.4 Å². The van der Waals surface area contributed by atoms with Crippen LogP contribution in [0.2, 0.25) is 0 Å². The summed E-state index contributed by atoms with van der Waals surface area (Å²) < 4.78 is 10.8. The Bertz CT molecular complexity index is 210. The number of methoxy groups -OCH3 is 1. The lowest BCUT2D eigenvalue weighted by atomic mass is 9.90. The van der Waals surface area contributed by atoms with Gasteiger partial charge in [-0.15, -0.1) is 0 Å². The van der Waals surface area contributed by atoms with Crippen molar-refractivity contribution >= 4 is 0 Å². The molecule has 3 unspecified atom stereocenters. The second kappa shape index (κ2) is 5.96. The van der Waals surface area contributed by atoms with E-state index in [1.165, 1.54) is 25.7 Å². The van der Waals surface area contributed by atoms with E-state index in [1.807, 2.05) is 0 Å². The molecular weight excluding hydrogens is 206 g/mol. The Balaban J connectivity index is 1.87. The number of morpholine rings is 1. The van der Waals surface area contributed by atoms with Crippen molar-refractivity contribution in [2.75, 3.05) is 33.4 Å². The van der Waals surface area contributed by atoms with Crippen LogP contribution in [0, 0.1) is 0 Å². The van der Waals surface area contributed by atoms with Crippen LogP contribution >= 0.6 is 0 Å². The Morgan fingerprint density at radius 3 is 3.06 bits per heavy atom. The standard InChI is InChI=1S/C12H23NO3/c1-15-9-10(14)8-13-6-7-16-12-5-3-2-4-11(12)13/h10-12,14H,2-9H2,1H3. The Hall–Kier alpha value is -0.160. The van der Waals surface area contributed by atoms with Crippen LogP contribution in [0.1, 0.15) is 25.7 Å². The summed E-state index contributed by atoms with van der Waals surface area (Å²) in [6, 6.07) is 0.522. The summed E-state index contributed by atoms with van der Waals surface area (Å²) in [5.41, 5.74) is 0. The van der Waals surface area contributed by atoms with Crippen molar-refractivity contribution < 1.29 is 14.6 Å². The van der Waals surface area contributed by atoms with Gasteiger partial charge in [0.1, 0.15) is 0 Å². The number of β-amino-alcohol motifs (C(OH)–C–C–N with tert-alkyl or cyclic N) is 1. The van der Waals surface area contributed by atoms with Crippen molar-refractivity contribution in [2.24, 2.45) is 0 Å². The molecule has 1 saturated heterocycles. The van der Waals surface area contributed by atoms with Crippen LogP contribution in [0.3, 0.4) is 0 Å². The van der Waals surface area contributed by atoms with Crippen molar-refractivity contribution in [3.05, 3.63) is 0 Å². The average molecular weight is 229 g/mol. The molecule has 0 aromatic rings. The minimum atomic E-state index is -0.370. The molecule has 2 fully saturated rings. The van der Waals surface area contributed by atoms with E-state index in [4.69, 9.17) is 9.47 Å². The van der Waals surface area contributed by atoms with E-state index in [9.17, 15) is 5.11 Å².